The van der Waals surface area contributed by atoms with Crippen LogP contribution in [0, 0.1) is 0 Å². The number of carbonyl (C=O) groups is 3. The van der Waals surface area contributed by atoms with E-state index in [0.29, 0.717) is 10.9 Å². The Balaban J connectivity index is 2.77. The minimum absolute atomic E-state index is 0.295. The number of carboxylic acid groups (broad SMARTS) is 1. The van der Waals surface area contributed by atoms with E-state index < -0.39 is 24.0 Å². The molecule has 2 rings (SSSR count). The lowest BCUT2D eigenvalue weighted by Gasteiger charge is -2.29. The molecule has 0 radical (unpaired) electrons. The summed E-state index contributed by atoms with van der Waals surface area (Å²) in [5, 5.41) is 11.1. The van der Waals surface area contributed by atoms with Crippen molar-refractivity contribution in [2.75, 3.05) is 0 Å². The van der Waals surface area contributed by atoms with E-state index in [1.807, 2.05) is 18.2 Å². The molecule has 0 bridgehead atoms. The summed E-state index contributed by atoms with van der Waals surface area (Å²) in [4.78, 5) is 35.0. The Hall–Kier alpha value is -2.69. The van der Waals surface area contributed by atoms with Crippen LogP contribution >= 0.6 is 0 Å². The van der Waals surface area contributed by atoms with Gasteiger partial charge in [-0.05, 0) is 17.7 Å². The van der Waals surface area contributed by atoms with Crippen LogP contribution in [0.3, 0.4) is 0 Å². The Bertz CT molecular complexity index is 726. The second-order valence-electron chi connectivity index (χ2n) is 5.13. The fourth-order valence-corrected chi connectivity index (χ4v) is 2.59. The third-order valence-corrected chi connectivity index (χ3v) is 3.39. The highest BCUT2D eigenvalue weighted by Crippen LogP contribution is 2.35. The molecule has 0 aliphatic rings. The van der Waals surface area contributed by atoms with Crippen molar-refractivity contribution in [3.63, 3.8) is 0 Å². The largest absolute Gasteiger partial charge is 0.478 e. The van der Waals surface area contributed by atoms with E-state index in [2.05, 4.69) is 0 Å². The summed E-state index contributed by atoms with van der Waals surface area (Å²) in [6.07, 6.45) is -0.421. The van der Waals surface area contributed by atoms with Crippen molar-refractivity contribution < 1.29 is 24.2 Å². The van der Waals surface area contributed by atoms with Gasteiger partial charge in [0.2, 0.25) is 5.60 Å². The highest BCUT2D eigenvalue weighted by Gasteiger charge is 2.46. The van der Waals surface area contributed by atoms with Crippen LogP contribution in [0.15, 0.2) is 42.5 Å². The summed E-state index contributed by atoms with van der Waals surface area (Å²) in [7, 11) is 0. The van der Waals surface area contributed by atoms with E-state index in [4.69, 9.17) is 4.74 Å². The number of carboxylic acids is 1. The van der Waals surface area contributed by atoms with Crippen molar-refractivity contribution in [3.8, 4) is 0 Å². The molecule has 2 aromatic carbocycles. The van der Waals surface area contributed by atoms with Gasteiger partial charge in [0.1, 0.15) is 5.78 Å². The van der Waals surface area contributed by atoms with Crippen LogP contribution in [0.4, 0.5) is 0 Å². The number of hydrogen-bond donors (Lipinski definition) is 1. The molecule has 0 aromatic heterocycles. The average Bonchev–Trinajstić information content (AvgIpc) is 2.44. The molecule has 0 fully saturated rings. The van der Waals surface area contributed by atoms with Crippen LogP contribution in [-0.2, 0) is 24.7 Å². The lowest BCUT2D eigenvalue weighted by atomic mass is 9.85. The maximum atomic E-state index is 11.9. The number of ketones is 1. The van der Waals surface area contributed by atoms with Gasteiger partial charge in [-0.3, -0.25) is 9.59 Å². The topological polar surface area (TPSA) is 80.7 Å². The van der Waals surface area contributed by atoms with E-state index >= 15 is 0 Å². The van der Waals surface area contributed by atoms with Gasteiger partial charge in [-0.2, -0.15) is 0 Å². The number of hydrogen-bond acceptors (Lipinski definition) is 4. The maximum absolute atomic E-state index is 11.9. The molecule has 22 heavy (non-hydrogen) atoms. The lowest BCUT2D eigenvalue weighted by molar-refractivity contribution is -0.180. The summed E-state index contributed by atoms with van der Waals surface area (Å²) in [5.74, 6) is -2.50. The minimum atomic E-state index is -2.02. The SMILES string of the molecule is CC(=O)CC(OC(C)=O)(C(=O)O)c1cccc2ccccc12. The van der Waals surface area contributed by atoms with E-state index in [-0.39, 0.29) is 5.78 Å². The van der Waals surface area contributed by atoms with Crippen molar-refractivity contribution in [2.45, 2.75) is 25.9 Å². The van der Waals surface area contributed by atoms with Crippen LogP contribution in [0.1, 0.15) is 25.8 Å². The second kappa shape index (κ2) is 5.97. The van der Waals surface area contributed by atoms with E-state index in [9.17, 15) is 19.5 Å². The molecule has 1 N–H and O–H groups in total. The predicted octanol–water partition coefficient (Wildman–Crippen LogP) is 2.66. The van der Waals surface area contributed by atoms with Gasteiger partial charge >= 0.3 is 11.9 Å². The van der Waals surface area contributed by atoms with Crippen LogP contribution in [0.2, 0.25) is 0 Å². The van der Waals surface area contributed by atoms with Crippen LogP contribution in [0.25, 0.3) is 10.8 Å². The minimum Gasteiger partial charge on any atom is -0.478 e. The molecule has 0 amide bonds. The summed E-state index contributed by atoms with van der Waals surface area (Å²) in [6, 6.07) is 12.2. The van der Waals surface area contributed by atoms with Gasteiger partial charge < -0.3 is 9.84 Å². The molecule has 0 aliphatic carbocycles. The fourth-order valence-electron chi connectivity index (χ4n) is 2.59. The zero-order valence-electron chi connectivity index (χ0n) is 12.3. The zero-order valence-corrected chi connectivity index (χ0v) is 12.3. The first kappa shape index (κ1) is 15.7. The van der Waals surface area contributed by atoms with Gasteiger partial charge in [0.15, 0.2) is 0 Å². The van der Waals surface area contributed by atoms with E-state index in [0.717, 1.165) is 12.3 Å². The van der Waals surface area contributed by atoms with Gasteiger partial charge in [0, 0.05) is 12.5 Å². The molecule has 1 unspecified atom stereocenters. The Morgan fingerprint density at radius 2 is 1.68 bits per heavy atom. The zero-order chi connectivity index (χ0) is 16.3. The molecule has 1 atom stereocenters. The quantitative estimate of drug-likeness (QED) is 0.859. The standard InChI is InChI=1S/C17H16O5/c1-11(18)10-17(16(20)21,22-12(2)19)15-9-5-7-13-6-3-4-8-14(13)15/h3-9H,10H2,1-2H3,(H,20,21). The van der Waals surface area contributed by atoms with Gasteiger partial charge in [0.05, 0.1) is 6.42 Å². The monoisotopic (exact) mass is 300 g/mol. The van der Waals surface area contributed by atoms with Crippen LogP contribution < -0.4 is 0 Å². The first-order valence-electron chi connectivity index (χ1n) is 6.77. The Morgan fingerprint density at radius 1 is 1.05 bits per heavy atom. The summed E-state index contributed by atoms with van der Waals surface area (Å²) in [6.45, 7) is 2.40. The number of rotatable bonds is 5. The molecule has 0 saturated carbocycles. The van der Waals surface area contributed by atoms with E-state index in [1.54, 1.807) is 24.3 Å². The van der Waals surface area contributed by atoms with Crippen molar-refractivity contribution in [3.05, 3.63) is 48.0 Å². The number of fused-ring (bicyclic) bond motifs is 1. The average molecular weight is 300 g/mol. The number of aliphatic carboxylic acids is 1. The Labute approximate surface area is 127 Å². The molecule has 0 saturated heterocycles. The maximum Gasteiger partial charge on any atom is 0.353 e. The van der Waals surface area contributed by atoms with Crippen molar-refractivity contribution in [1.29, 1.82) is 0 Å². The van der Waals surface area contributed by atoms with Gasteiger partial charge in [-0.25, -0.2) is 4.79 Å². The highest BCUT2D eigenvalue weighted by atomic mass is 16.6. The molecular weight excluding hydrogens is 284 g/mol. The first-order chi connectivity index (χ1) is 10.4. The van der Waals surface area contributed by atoms with Crippen molar-refractivity contribution in [1.82, 2.24) is 0 Å². The fraction of sp³-hybridized carbons (Fsp3) is 0.235. The molecular formula is C17H16O5. The molecule has 5 heteroatoms. The second-order valence-corrected chi connectivity index (χ2v) is 5.13. The van der Waals surface area contributed by atoms with E-state index in [1.165, 1.54) is 6.92 Å². The third-order valence-electron chi connectivity index (χ3n) is 3.39. The van der Waals surface area contributed by atoms with Crippen molar-refractivity contribution >= 4 is 28.5 Å². The number of esters is 1. The Morgan fingerprint density at radius 3 is 2.27 bits per heavy atom. The first-order valence-corrected chi connectivity index (χ1v) is 6.77. The molecule has 0 spiro atoms. The predicted molar refractivity (Wildman–Crippen MR) is 80.3 cm³/mol. The van der Waals surface area contributed by atoms with Gasteiger partial charge in [-0.15, -0.1) is 0 Å². The Kier molecular flexibility index (Phi) is 4.26. The highest BCUT2D eigenvalue weighted by molar-refractivity contribution is 5.96. The molecule has 5 nitrogen and oxygen atoms in total. The van der Waals surface area contributed by atoms with Crippen molar-refractivity contribution in [2.24, 2.45) is 0 Å². The lowest BCUT2D eigenvalue weighted by Crippen LogP contribution is -2.42. The number of ether oxygens (including phenoxy) is 1. The number of carbonyl (C=O) groups excluding carboxylic acids is 2. The normalized spacial score (nSPS) is 13.4. The van der Waals surface area contributed by atoms with Crippen LogP contribution in [-0.4, -0.2) is 22.8 Å². The molecule has 2 aromatic rings. The van der Waals surface area contributed by atoms with Crippen LogP contribution in [0.5, 0.6) is 0 Å². The van der Waals surface area contributed by atoms with Gasteiger partial charge in [-0.1, -0.05) is 42.5 Å². The number of Topliss-reactive ketones (excluding diaryl/α,β-unsaturated/α-hetero) is 1. The molecule has 0 aliphatic heterocycles. The van der Waals surface area contributed by atoms with Gasteiger partial charge in [0.25, 0.3) is 0 Å². The summed E-state index contributed by atoms with van der Waals surface area (Å²) >= 11 is 0. The number of benzene rings is 2. The smallest absolute Gasteiger partial charge is 0.353 e. The molecule has 114 valence electrons. The third kappa shape index (κ3) is 2.83. The summed E-state index contributed by atoms with van der Waals surface area (Å²) in [5.41, 5.74) is -1.72. The summed E-state index contributed by atoms with van der Waals surface area (Å²) < 4.78 is 5.15. The molecule has 0 heterocycles.